The van der Waals surface area contributed by atoms with E-state index in [1.807, 2.05) is 0 Å². The van der Waals surface area contributed by atoms with E-state index in [1.165, 1.54) is 13.3 Å². The van der Waals surface area contributed by atoms with Crippen molar-refractivity contribution in [2.24, 2.45) is 0 Å². The zero-order chi connectivity index (χ0) is 10.6. The number of hydrogen-bond acceptors (Lipinski definition) is 3. The number of methoxy groups -OCH3 is 1. The molecule has 1 aromatic heterocycles. The Morgan fingerprint density at radius 1 is 1.71 bits per heavy atom. The van der Waals surface area contributed by atoms with Gasteiger partial charge in [-0.15, -0.1) is 0 Å². The predicted octanol–water partition coefficient (Wildman–Crippen LogP) is 1.40. The molecule has 0 saturated carbocycles. The molecule has 14 heavy (non-hydrogen) atoms. The molecule has 0 aliphatic rings. The summed E-state index contributed by atoms with van der Waals surface area (Å²) in [5.74, 6) is 2.85. The van der Waals surface area contributed by atoms with Crippen molar-refractivity contribution in [2.75, 3.05) is 7.11 Å². The Bertz CT molecular complexity index is 423. The van der Waals surface area contributed by atoms with Crippen LogP contribution in [0, 0.1) is 17.7 Å². The molecule has 72 valence electrons. The van der Waals surface area contributed by atoms with E-state index in [4.69, 9.17) is 11.6 Å². The van der Waals surface area contributed by atoms with Gasteiger partial charge in [0.2, 0.25) is 0 Å². The Morgan fingerprint density at radius 2 is 2.43 bits per heavy atom. The van der Waals surface area contributed by atoms with E-state index in [9.17, 15) is 9.18 Å². The standard InChI is InChI=1S/C9H5ClFNO2/c1-14-9(13)3-2-8-7(11)4-6(10)5-12-8/h4-5H,1H3. The van der Waals surface area contributed by atoms with Gasteiger partial charge in [0, 0.05) is 12.1 Å². The Hall–Kier alpha value is -1.60. The first-order valence-corrected chi connectivity index (χ1v) is 3.92. The highest BCUT2D eigenvalue weighted by Gasteiger charge is 2.01. The van der Waals surface area contributed by atoms with Gasteiger partial charge in [-0.05, 0) is 12.0 Å². The van der Waals surface area contributed by atoms with Crippen LogP contribution in [0.5, 0.6) is 0 Å². The number of ether oxygens (including phenoxy) is 1. The predicted molar refractivity (Wildman–Crippen MR) is 48.1 cm³/mol. The summed E-state index contributed by atoms with van der Waals surface area (Å²) in [5.41, 5.74) is -0.139. The molecule has 0 N–H and O–H groups in total. The van der Waals surface area contributed by atoms with E-state index in [0.29, 0.717) is 0 Å². The monoisotopic (exact) mass is 213 g/mol. The lowest BCUT2D eigenvalue weighted by Crippen LogP contribution is -1.96. The summed E-state index contributed by atoms with van der Waals surface area (Å²) in [6.45, 7) is 0. The molecule has 0 unspecified atom stereocenters. The Balaban J connectivity index is 2.96. The zero-order valence-electron chi connectivity index (χ0n) is 7.17. The van der Waals surface area contributed by atoms with E-state index in [0.717, 1.165) is 6.07 Å². The van der Waals surface area contributed by atoms with Crippen molar-refractivity contribution >= 4 is 17.6 Å². The molecule has 1 rings (SSSR count). The molecule has 1 heterocycles. The fraction of sp³-hybridized carbons (Fsp3) is 0.111. The van der Waals surface area contributed by atoms with E-state index >= 15 is 0 Å². The zero-order valence-corrected chi connectivity index (χ0v) is 7.93. The van der Waals surface area contributed by atoms with Gasteiger partial charge in [-0.1, -0.05) is 11.6 Å². The molecule has 0 aliphatic carbocycles. The van der Waals surface area contributed by atoms with Crippen molar-refractivity contribution in [3.05, 3.63) is 28.8 Å². The minimum atomic E-state index is -0.749. The third kappa shape index (κ3) is 2.71. The van der Waals surface area contributed by atoms with Gasteiger partial charge in [0.1, 0.15) is 5.69 Å². The number of esters is 1. The van der Waals surface area contributed by atoms with E-state index in [-0.39, 0.29) is 10.7 Å². The maximum atomic E-state index is 13.0. The topological polar surface area (TPSA) is 39.2 Å². The molecule has 0 saturated heterocycles. The molecule has 0 atom stereocenters. The third-order valence-electron chi connectivity index (χ3n) is 1.28. The summed E-state index contributed by atoms with van der Waals surface area (Å²) in [6.07, 6.45) is 1.24. The molecular weight excluding hydrogens is 209 g/mol. The van der Waals surface area contributed by atoms with Crippen LogP contribution < -0.4 is 0 Å². The van der Waals surface area contributed by atoms with Gasteiger partial charge in [0.25, 0.3) is 0 Å². The van der Waals surface area contributed by atoms with Crippen molar-refractivity contribution in [1.29, 1.82) is 0 Å². The number of aromatic nitrogens is 1. The Labute approximate surface area is 84.9 Å². The Kier molecular flexibility index (Phi) is 3.43. The van der Waals surface area contributed by atoms with Crippen LogP contribution in [0.2, 0.25) is 5.02 Å². The number of hydrogen-bond donors (Lipinski definition) is 0. The largest absolute Gasteiger partial charge is 0.459 e. The highest BCUT2D eigenvalue weighted by Crippen LogP contribution is 2.10. The first kappa shape index (κ1) is 10.5. The molecule has 0 fully saturated rings. The van der Waals surface area contributed by atoms with Crippen molar-refractivity contribution in [2.45, 2.75) is 0 Å². The first-order valence-electron chi connectivity index (χ1n) is 3.54. The summed E-state index contributed by atoms with van der Waals surface area (Å²) < 4.78 is 17.2. The number of rotatable bonds is 0. The van der Waals surface area contributed by atoms with Crippen LogP contribution in [-0.4, -0.2) is 18.1 Å². The van der Waals surface area contributed by atoms with Gasteiger partial charge in [-0.3, -0.25) is 0 Å². The molecule has 5 heteroatoms. The highest BCUT2D eigenvalue weighted by atomic mass is 35.5. The quantitative estimate of drug-likeness (QED) is 0.483. The van der Waals surface area contributed by atoms with Gasteiger partial charge >= 0.3 is 5.97 Å². The lowest BCUT2D eigenvalue weighted by molar-refractivity contribution is -0.133. The van der Waals surface area contributed by atoms with Gasteiger partial charge in [-0.25, -0.2) is 14.2 Å². The van der Waals surface area contributed by atoms with E-state index < -0.39 is 11.8 Å². The molecule has 0 bridgehead atoms. The van der Waals surface area contributed by atoms with Gasteiger partial charge in [0.15, 0.2) is 5.82 Å². The average molecular weight is 214 g/mol. The number of nitrogens with zero attached hydrogens (tertiary/aromatic N) is 1. The van der Waals surface area contributed by atoms with Gasteiger partial charge in [-0.2, -0.15) is 0 Å². The van der Waals surface area contributed by atoms with Crippen LogP contribution in [0.3, 0.4) is 0 Å². The molecule has 3 nitrogen and oxygen atoms in total. The van der Waals surface area contributed by atoms with Crippen LogP contribution in [0.25, 0.3) is 0 Å². The van der Waals surface area contributed by atoms with E-state index in [1.54, 1.807) is 0 Å². The van der Waals surface area contributed by atoms with Gasteiger partial charge < -0.3 is 4.74 Å². The SMILES string of the molecule is COC(=O)C#Cc1ncc(Cl)cc1F. The number of carbonyl (C=O) groups is 1. The van der Waals surface area contributed by atoms with Crippen molar-refractivity contribution in [3.63, 3.8) is 0 Å². The summed E-state index contributed by atoms with van der Waals surface area (Å²) in [7, 11) is 1.18. The lowest BCUT2D eigenvalue weighted by atomic mass is 10.3. The molecule has 0 aliphatic heterocycles. The molecule has 0 aromatic carbocycles. The normalized spacial score (nSPS) is 8.79. The minimum Gasteiger partial charge on any atom is -0.459 e. The summed E-state index contributed by atoms with van der Waals surface area (Å²) in [4.78, 5) is 14.2. The van der Waals surface area contributed by atoms with Crippen molar-refractivity contribution in [3.8, 4) is 11.8 Å². The van der Waals surface area contributed by atoms with Crippen molar-refractivity contribution in [1.82, 2.24) is 4.98 Å². The second kappa shape index (κ2) is 4.58. The molecular formula is C9H5ClFNO2. The lowest BCUT2D eigenvalue weighted by Gasteiger charge is -1.92. The molecule has 1 aromatic rings. The second-order valence-corrected chi connectivity index (χ2v) is 2.66. The summed E-state index contributed by atoms with van der Waals surface area (Å²) in [6, 6.07) is 1.07. The van der Waals surface area contributed by atoms with Crippen LogP contribution >= 0.6 is 11.6 Å². The number of halogens is 2. The fourth-order valence-electron chi connectivity index (χ4n) is 0.668. The maximum absolute atomic E-state index is 13.0. The molecule has 0 radical (unpaired) electrons. The molecule has 0 amide bonds. The number of carbonyl (C=O) groups excluding carboxylic acids is 1. The van der Waals surface area contributed by atoms with Crippen molar-refractivity contribution < 1.29 is 13.9 Å². The Morgan fingerprint density at radius 3 is 3.00 bits per heavy atom. The first-order chi connectivity index (χ1) is 6.63. The third-order valence-corrected chi connectivity index (χ3v) is 1.48. The highest BCUT2D eigenvalue weighted by molar-refractivity contribution is 6.30. The van der Waals surface area contributed by atoms with Crippen LogP contribution in [-0.2, 0) is 9.53 Å². The van der Waals surface area contributed by atoms with Crippen LogP contribution in [0.1, 0.15) is 5.69 Å². The molecule has 0 spiro atoms. The fourth-order valence-corrected chi connectivity index (χ4v) is 0.812. The second-order valence-electron chi connectivity index (χ2n) is 2.23. The van der Waals surface area contributed by atoms with E-state index in [2.05, 4.69) is 21.6 Å². The smallest absolute Gasteiger partial charge is 0.384 e. The van der Waals surface area contributed by atoms with Gasteiger partial charge in [0.05, 0.1) is 12.1 Å². The summed E-state index contributed by atoms with van der Waals surface area (Å²) >= 11 is 5.46. The van der Waals surface area contributed by atoms with Crippen LogP contribution in [0.15, 0.2) is 12.3 Å². The van der Waals surface area contributed by atoms with Crippen LogP contribution in [0.4, 0.5) is 4.39 Å². The maximum Gasteiger partial charge on any atom is 0.384 e. The summed E-state index contributed by atoms with van der Waals surface area (Å²) in [5, 5.41) is 0.172. The average Bonchev–Trinajstić information content (AvgIpc) is 2.16. The minimum absolute atomic E-state index is 0.139. The number of pyridine rings is 1.